The van der Waals surface area contributed by atoms with Crippen LogP contribution in [-0.2, 0) is 6.42 Å². The van der Waals surface area contributed by atoms with Crippen LogP contribution in [0, 0.1) is 13.8 Å². The average Bonchev–Trinajstić information content (AvgIpc) is 2.97. The number of H-pyrrole nitrogens is 1. The Labute approximate surface area is 119 Å². The number of nitrogens with zero attached hydrogens (tertiary/aromatic N) is 2. The highest BCUT2D eigenvalue weighted by molar-refractivity contribution is 7.09. The molecule has 1 amide bonds. The molecule has 3 N–H and O–H groups in total. The first-order chi connectivity index (χ1) is 9.49. The molecule has 106 valence electrons. The molecule has 20 heavy (non-hydrogen) atoms. The molecule has 8 heteroatoms. The summed E-state index contributed by atoms with van der Waals surface area (Å²) in [6, 6.07) is 0. The molecule has 7 nitrogen and oxygen atoms in total. The first-order valence-electron chi connectivity index (χ1n) is 5.96. The zero-order chi connectivity index (χ0) is 14.7. The maximum atomic E-state index is 12.0. The van der Waals surface area contributed by atoms with Gasteiger partial charge in [-0.05, 0) is 13.8 Å². The van der Waals surface area contributed by atoms with Crippen LogP contribution < -0.4 is 5.32 Å². The van der Waals surface area contributed by atoms with E-state index in [1.165, 1.54) is 16.7 Å². The van der Waals surface area contributed by atoms with E-state index < -0.39 is 5.97 Å². The molecule has 2 heterocycles. The van der Waals surface area contributed by atoms with E-state index in [-0.39, 0.29) is 11.6 Å². The van der Waals surface area contributed by atoms with Crippen LogP contribution in [-0.4, -0.2) is 38.7 Å². The molecule has 0 aliphatic rings. The van der Waals surface area contributed by atoms with Gasteiger partial charge in [-0.1, -0.05) is 0 Å². The number of hydrogen-bond acceptors (Lipinski definition) is 5. The predicted octanol–water partition coefficient (Wildman–Crippen LogP) is 1.15. The summed E-state index contributed by atoms with van der Waals surface area (Å²) in [5, 5.41) is 20.4. The van der Waals surface area contributed by atoms with Crippen LogP contribution in [0.1, 0.15) is 37.2 Å². The van der Waals surface area contributed by atoms with Crippen molar-refractivity contribution < 1.29 is 14.7 Å². The van der Waals surface area contributed by atoms with Crippen molar-refractivity contribution in [2.75, 3.05) is 6.54 Å². The topological polar surface area (TPSA) is 108 Å². The minimum absolute atomic E-state index is 0.0397. The summed E-state index contributed by atoms with van der Waals surface area (Å²) >= 11 is 1.27. The number of rotatable bonds is 5. The van der Waals surface area contributed by atoms with Crippen molar-refractivity contribution in [1.82, 2.24) is 20.5 Å². The van der Waals surface area contributed by atoms with E-state index >= 15 is 0 Å². The lowest BCUT2D eigenvalue weighted by Crippen LogP contribution is -2.26. The lowest BCUT2D eigenvalue weighted by molar-refractivity contribution is 0.0690. The molecule has 0 radical (unpaired) electrons. The SMILES string of the molecule is Cc1n[nH]c(C)c1C(=O)NCCc1nc(C(=O)O)cs1. The highest BCUT2D eigenvalue weighted by Gasteiger charge is 2.15. The molecular weight excluding hydrogens is 280 g/mol. The van der Waals surface area contributed by atoms with E-state index in [2.05, 4.69) is 20.5 Å². The molecular formula is C12H14N4O3S. The number of carboxylic acids is 1. The van der Waals surface area contributed by atoms with Gasteiger partial charge in [0.15, 0.2) is 5.69 Å². The van der Waals surface area contributed by atoms with Crippen molar-refractivity contribution in [3.05, 3.63) is 33.0 Å². The van der Waals surface area contributed by atoms with Gasteiger partial charge in [0.2, 0.25) is 0 Å². The number of amides is 1. The fourth-order valence-electron chi connectivity index (χ4n) is 1.78. The number of aryl methyl sites for hydroxylation is 2. The summed E-state index contributed by atoms with van der Waals surface area (Å²) in [5.41, 5.74) is 1.97. The number of carbonyl (C=O) groups is 2. The molecule has 0 saturated heterocycles. The van der Waals surface area contributed by atoms with Gasteiger partial charge in [0.05, 0.1) is 16.3 Å². The molecule has 0 spiro atoms. The fraction of sp³-hybridized carbons (Fsp3) is 0.333. The Balaban J connectivity index is 1.89. The number of carboxylic acid groups (broad SMARTS) is 1. The Hall–Kier alpha value is -2.22. The van der Waals surface area contributed by atoms with Gasteiger partial charge >= 0.3 is 5.97 Å². The summed E-state index contributed by atoms with van der Waals surface area (Å²) < 4.78 is 0. The van der Waals surface area contributed by atoms with E-state index in [0.717, 1.165) is 5.69 Å². The Morgan fingerprint density at radius 3 is 2.75 bits per heavy atom. The van der Waals surface area contributed by atoms with Gasteiger partial charge in [-0.2, -0.15) is 5.10 Å². The van der Waals surface area contributed by atoms with E-state index in [9.17, 15) is 9.59 Å². The molecule has 0 aliphatic carbocycles. The molecule has 2 aromatic heterocycles. The Bertz CT molecular complexity index is 627. The van der Waals surface area contributed by atoms with Gasteiger partial charge in [0.1, 0.15) is 0 Å². The number of aromatic carboxylic acids is 1. The minimum Gasteiger partial charge on any atom is -0.476 e. The van der Waals surface area contributed by atoms with Crippen LogP contribution in [0.4, 0.5) is 0 Å². The minimum atomic E-state index is -1.04. The third-order valence-electron chi connectivity index (χ3n) is 2.75. The zero-order valence-electron chi connectivity index (χ0n) is 11.1. The number of aromatic nitrogens is 3. The largest absolute Gasteiger partial charge is 0.476 e. The van der Waals surface area contributed by atoms with Crippen LogP contribution in [0.5, 0.6) is 0 Å². The molecule has 2 aromatic rings. The zero-order valence-corrected chi connectivity index (χ0v) is 11.9. The highest BCUT2D eigenvalue weighted by atomic mass is 32.1. The van der Waals surface area contributed by atoms with Crippen LogP contribution in [0.2, 0.25) is 0 Å². The summed E-state index contributed by atoms with van der Waals surface area (Å²) in [5.74, 6) is -1.23. The third-order valence-corrected chi connectivity index (χ3v) is 3.66. The Kier molecular flexibility index (Phi) is 4.14. The second-order valence-electron chi connectivity index (χ2n) is 4.25. The molecule has 0 saturated carbocycles. The normalized spacial score (nSPS) is 10.5. The molecule has 0 aliphatic heterocycles. The van der Waals surface area contributed by atoms with Gasteiger partial charge in [-0.25, -0.2) is 9.78 Å². The van der Waals surface area contributed by atoms with Crippen molar-refractivity contribution in [2.24, 2.45) is 0 Å². The lowest BCUT2D eigenvalue weighted by Gasteiger charge is -2.03. The van der Waals surface area contributed by atoms with E-state index in [1.54, 1.807) is 13.8 Å². The Morgan fingerprint density at radius 1 is 1.45 bits per heavy atom. The van der Waals surface area contributed by atoms with Crippen molar-refractivity contribution >= 4 is 23.2 Å². The van der Waals surface area contributed by atoms with E-state index in [0.29, 0.717) is 29.2 Å². The van der Waals surface area contributed by atoms with E-state index in [4.69, 9.17) is 5.11 Å². The molecule has 0 atom stereocenters. The quantitative estimate of drug-likeness (QED) is 0.766. The van der Waals surface area contributed by atoms with Crippen molar-refractivity contribution in [2.45, 2.75) is 20.3 Å². The molecule has 0 fully saturated rings. The summed E-state index contributed by atoms with van der Waals surface area (Å²) in [4.78, 5) is 26.6. The number of carbonyl (C=O) groups excluding carboxylic acids is 1. The number of hydrogen-bond donors (Lipinski definition) is 3. The van der Waals surface area contributed by atoms with Crippen LogP contribution in [0.3, 0.4) is 0 Å². The van der Waals surface area contributed by atoms with Gasteiger partial charge in [0.25, 0.3) is 5.91 Å². The second-order valence-corrected chi connectivity index (χ2v) is 5.19. The van der Waals surface area contributed by atoms with Crippen molar-refractivity contribution in [1.29, 1.82) is 0 Å². The molecule has 2 rings (SSSR count). The number of thiazole rings is 1. The third kappa shape index (κ3) is 3.02. The molecule has 0 aromatic carbocycles. The van der Waals surface area contributed by atoms with Crippen LogP contribution in [0.15, 0.2) is 5.38 Å². The first kappa shape index (κ1) is 14.2. The molecule has 0 unspecified atom stereocenters. The summed E-state index contributed by atoms with van der Waals surface area (Å²) in [7, 11) is 0. The van der Waals surface area contributed by atoms with Gasteiger partial charge in [0, 0.05) is 24.0 Å². The standard InChI is InChI=1S/C12H14N4O3S/c1-6-10(7(2)16-15-6)11(17)13-4-3-9-14-8(5-20-9)12(18)19/h5H,3-4H2,1-2H3,(H,13,17)(H,15,16)(H,18,19). The van der Waals surface area contributed by atoms with Crippen LogP contribution >= 0.6 is 11.3 Å². The highest BCUT2D eigenvalue weighted by Crippen LogP contribution is 2.11. The van der Waals surface area contributed by atoms with Crippen LogP contribution in [0.25, 0.3) is 0 Å². The number of nitrogens with one attached hydrogen (secondary N) is 2. The van der Waals surface area contributed by atoms with Crippen molar-refractivity contribution in [3.8, 4) is 0 Å². The van der Waals surface area contributed by atoms with E-state index in [1.807, 2.05) is 0 Å². The Morgan fingerprint density at radius 2 is 2.20 bits per heavy atom. The average molecular weight is 294 g/mol. The van der Waals surface area contributed by atoms with Gasteiger partial charge in [-0.3, -0.25) is 9.89 Å². The van der Waals surface area contributed by atoms with Gasteiger partial charge < -0.3 is 10.4 Å². The van der Waals surface area contributed by atoms with Gasteiger partial charge in [-0.15, -0.1) is 11.3 Å². The maximum Gasteiger partial charge on any atom is 0.355 e. The molecule has 0 bridgehead atoms. The monoisotopic (exact) mass is 294 g/mol. The second kappa shape index (κ2) is 5.83. The first-order valence-corrected chi connectivity index (χ1v) is 6.84. The smallest absolute Gasteiger partial charge is 0.355 e. The predicted molar refractivity (Wildman–Crippen MR) is 73.2 cm³/mol. The summed E-state index contributed by atoms with van der Waals surface area (Å²) in [6.45, 7) is 3.95. The fourth-order valence-corrected chi connectivity index (χ4v) is 2.55. The summed E-state index contributed by atoms with van der Waals surface area (Å²) in [6.07, 6.45) is 0.500. The lowest BCUT2D eigenvalue weighted by atomic mass is 10.2. The number of aromatic amines is 1. The van der Waals surface area contributed by atoms with Crippen molar-refractivity contribution in [3.63, 3.8) is 0 Å². The maximum absolute atomic E-state index is 12.0.